The van der Waals surface area contributed by atoms with E-state index in [9.17, 15) is 0 Å². The topological polar surface area (TPSA) is 50.9 Å². The molecule has 1 rings (SSSR count). The van der Waals surface area contributed by atoms with Crippen molar-refractivity contribution < 1.29 is 5.11 Å². The molecule has 0 aromatic carbocycles. The standard InChI is InChI=1S/C6H11N3O/c1-3-9-5(2)7-6(4-10)8-9/h10H,3-4H2,1-2H3. The second-order valence-corrected chi connectivity index (χ2v) is 2.05. The second kappa shape index (κ2) is 2.79. The highest BCUT2D eigenvalue weighted by Gasteiger charge is 2.01. The van der Waals surface area contributed by atoms with Crippen LogP contribution < -0.4 is 0 Å². The number of hydrogen-bond acceptors (Lipinski definition) is 3. The Labute approximate surface area is 59.5 Å². The highest BCUT2D eigenvalue weighted by molar-refractivity contribution is 4.88. The van der Waals surface area contributed by atoms with Crippen LogP contribution in [0.2, 0.25) is 0 Å². The molecule has 1 heterocycles. The highest BCUT2D eigenvalue weighted by atomic mass is 16.3. The van der Waals surface area contributed by atoms with Gasteiger partial charge in [0.2, 0.25) is 0 Å². The van der Waals surface area contributed by atoms with E-state index in [4.69, 9.17) is 5.11 Å². The molecule has 10 heavy (non-hydrogen) atoms. The van der Waals surface area contributed by atoms with E-state index in [0.29, 0.717) is 5.82 Å². The number of aryl methyl sites for hydroxylation is 2. The largest absolute Gasteiger partial charge is 0.388 e. The van der Waals surface area contributed by atoms with Crippen LogP contribution in [0.4, 0.5) is 0 Å². The minimum Gasteiger partial charge on any atom is -0.388 e. The molecule has 0 aliphatic heterocycles. The number of nitrogens with zero attached hydrogens (tertiary/aromatic N) is 3. The van der Waals surface area contributed by atoms with Gasteiger partial charge in [0, 0.05) is 6.54 Å². The summed E-state index contributed by atoms with van der Waals surface area (Å²) in [6.45, 7) is 4.59. The first kappa shape index (κ1) is 7.21. The summed E-state index contributed by atoms with van der Waals surface area (Å²) in [5.41, 5.74) is 0. The minimum atomic E-state index is -0.0756. The SMILES string of the molecule is CCn1nc(CO)nc1C. The van der Waals surface area contributed by atoms with Gasteiger partial charge in [-0.15, -0.1) is 0 Å². The molecule has 0 saturated heterocycles. The summed E-state index contributed by atoms with van der Waals surface area (Å²) in [5, 5.41) is 12.6. The number of aliphatic hydroxyl groups is 1. The maximum atomic E-state index is 8.63. The summed E-state index contributed by atoms with van der Waals surface area (Å²) >= 11 is 0. The Bertz CT molecular complexity index is 219. The first-order valence-corrected chi connectivity index (χ1v) is 3.29. The van der Waals surface area contributed by atoms with Gasteiger partial charge in [0.15, 0.2) is 5.82 Å². The maximum absolute atomic E-state index is 8.63. The van der Waals surface area contributed by atoms with E-state index in [1.807, 2.05) is 13.8 Å². The van der Waals surface area contributed by atoms with Crippen molar-refractivity contribution in [2.24, 2.45) is 0 Å². The van der Waals surface area contributed by atoms with Gasteiger partial charge >= 0.3 is 0 Å². The van der Waals surface area contributed by atoms with E-state index in [1.54, 1.807) is 4.68 Å². The third-order valence-electron chi connectivity index (χ3n) is 1.34. The van der Waals surface area contributed by atoms with E-state index < -0.39 is 0 Å². The minimum absolute atomic E-state index is 0.0756. The number of aliphatic hydroxyl groups excluding tert-OH is 1. The van der Waals surface area contributed by atoms with Crippen LogP contribution in [0, 0.1) is 6.92 Å². The predicted octanol–water partition coefficient (Wildman–Crippen LogP) is 0.0987. The lowest BCUT2D eigenvalue weighted by Gasteiger charge is -1.93. The van der Waals surface area contributed by atoms with Crippen molar-refractivity contribution >= 4 is 0 Å². The number of hydrogen-bond donors (Lipinski definition) is 1. The fourth-order valence-electron chi connectivity index (χ4n) is 0.845. The van der Waals surface area contributed by atoms with E-state index >= 15 is 0 Å². The molecular weight excluding hydrogens is 130 g/mol. The zero-order chi connectivity index (χ0) is 7.56. The van der Waals surface area contributed by atoms with Crippen molar-refractivity contribution in [1.29, 1.82) is 0 Å². The third kappa shape index (κ3) is 1.16. The van der Waals surface area contributed by atoms with Gasteiger partial charge in [-0.1, -0.05) is 0 Å². The highest BCUT2D eigenvalue weighted by Crippen LogP contribution is 1.95. The molecule has 0 spiro atoms. The first-order valence-electron chi connectivity index (χ1n) is 3.29. The van der Waals surface area contributed by atoms with Gasteiger partial charge < -0.3 is 5.11 Å². The van der Waals surface area contributed by atoms with Crippen molar-refractivity contribution in [3.8, 4) is 0 Å². The van der Waals surface area contributed by atoms with E-state index in [1.165, 1.54) is 0 Å². The van der Waals surface area contributed by atoms with Crippen LogP contribution in [0.5, 0.6) is 0 Å². The Morgan fingerprint density at radius 1 is 1.60 bits per heavy atom. The van der Waals surface area contributed by atoms with Gasteiger partial charge in [-0.3, -0.25) is 4.68 Å². The fraction of sp³-hybridized carbons (Fsp3) is 0.667. The molecule has 0 fully saturated rings. The molecule has 4 nitrogen and oxygen atoms in total. The van der Waals surface area contributed by atoms with Crippen LogP contribution >= 0.6 is 0 Å². The van der Waals surface area contributed by atoms with Crippen LogP contribution in [-0.2, 0) is 13.2 Å². The van der Waals surface area contributed by atoms with E-state index in [2.05, 4.69) is 10.1 Å². The molecule has 56 valence electrons. The predicted molar refractivity (Wildman–Crippen MR) is 36.4 cm³/mol. The van der Waals surface area contributed by atoms with Gasteiger partial charge in [0.25, 0.3) is 0 Å². The van der Waals surface area contributed by atoms with Crippen molar-refractivity contribution in [2.75, 3.05) is 0 Å². The van der Waals surface area contributed by atoms with Crippen LogP contribution in [0.15, 0.2) is 0 Å². The summed E-state index contributed by atoms with van der Waals surface area (Å²) in [5.74, 6) is 1.35. The van der Waals surface area contributed by atoms with Crippen molar-refractivity contribution in [2.45, 2.75) is 27.0 Å². The molecule has 0 atom stereocenters. The number of aromatic nitrogens is 3. The molecule has 0 unspecified atom stereocenters. The smallest absolute Gasteiger partial charge is 0.176 e. The summed E-state index contributed by atoms with van der Waals surface area (Å²) in [7, 11) is 0. The Morgan fingerprint density at radius 3 is 2.60 bits per heavy atom. The molecule has 0 amide bonds. The normalized spacial score (nSPS) is 10.3. The lowest BCUT2D eigenvalue weighted by Crippen LogP contribution is -1.99. The monoisotopic (exact) mass is 141 g/mol. The lowest BCUT2D eigenvalue weighted by molar-refractivity contribution is 0.270. The Morgan fingerprint density at radius 2 is 2.30 bits per heavy atom. The third-order valence-corrected chi connectivity index (χ3v) is 1.34. The van der Waals surface area contributed by atoms with E-state index in [-0.39, 0.29) is 6.61 Å². The van der Waals surface area contributed by atoms with E-state index in [0.717, 1.165) is 12.4 Å². The molecule has 0 aliphatic rings. The lowest BCUT2D eigenvalue weighted by atomic mass is 10.6. The number of rotatable bonds is 2. The second-order valence-electron chi connectivity index (χ2n) is 2.05. The fourth-order valence-corrected chi connectivity index (χ4v) is 0.845. The van der Waals surface area contributed by atoms with Gasteiger partial charge in [-0.25, -0.2) is 4.98 Å². The maximum Gasteiger partial charge on any atom is 0.176 e. The summed E-state index contributed by atoms with van der Waals surface area (Å²) in [6.07, 6.45) is 0. The van der Waals surface area contributed by atoms with Crippen LogP contribution in [0.3, 0.4) is 0 Å². The molecule has 0 saturated carbocycles. The van der Waals surface area contributed by atoms with Gasteiger partial charge in [0.1, 0.15) is 12.4 Å². The van der Waals surface area contributed by atoms with Gasteiger partial charge in [-0.2, -0.15) is 5.10 Å². The zero-order valence-corrected chi connectivity index (χ0v) is 6.20. The summed E-state index contributed by atoms with van der Waals surface area (Å²) in [4.78, 5) is 4.00. The van der Waals surface area contributed by atoms with Gasteiger partial charge in [-0.05, 0) is 13.8 Å². The van der Waals surface area contributed by atoms with Crippen molar-refractivity contribution in [3.05, 3.63) is 11.6 Å². The average Bonchev–Trinajstić information content (AvgIpc) is 2.30. The quantitative estimate of drug-likeness (QED) is 0.635. The Hall–Kier alpha value is -0.900. The molecular formula is C6H11N3O. The van der Waals surface area contributed by atoms with Gasteiger partial charge in [0.05, 0.1) is 0 Å². The van der Waals surface area contributed by atoms with Crippen molar-refractivity contribution in [3.63, 3.8) is 0 Å². The molecule has 1 aromatic rings. The summed E-state index contributed by atoms with van der Waals surface area (Å²) < 4.78 is 1.76. The molecule has 0 radical (unpaired) electrons. The van der Waals surface area contributed by atoms with Crippen LogP contribution in [-0.4, -0.2) is 19.9 Å². The van der Waals surface area contributed by atoms with Crippen LogP contribution in [0.25, 0.3) is 0 Å². The molecule has 0 bridgehead atoms. The molecule has 4 heteroatoms. The van der Waals surface area contributed by atoms with Crippen molar-refractivity contribution in [1.82, 2.24) is 14.8 Å². The molecule has 1 aromatic heterocycles. The summed E-state index contributed by atoms with van der Waals surface area (Å²) in [6, 6.07) is 0. The van der Waals surface area contributed by atoms with Crippen LogP contribution in [0.1, 0.15) is 18.6 Å². The Kier molecular flexibility index (Phi) is 2.01. The molecule has 0 aliphatic carbocycles. The first-order chi connectivity index (χ1) is 4.77. The zero-order valence-electron chi connectivity index (χ0n) is 6.20. The average molecular weight is 141 g/mol. The Balaban J connectivity index is 2.92. The molecule has 1 N–H and O–H groups in total.